The monoisotopic (exact) mass is 587 g/mol. The lowest BCUT2D eigenvalue weighted by Gasteiger charge is -2.26. The van der Waals surface area contributed by atoms with Crippen LogP contribution in [0.5, 0.6) is 5.75 Å². The van der Waals surface area contributed by atoms with Crippen molar-refractivity contribution in [3.8, 4) is 5.75 Å². The molecule has 1 fully saturated rings. The Kier molecular flexibility index (Phi) is 7.73. The highest BCUT2D eigenvalue weighted by molar-refractivity contribution is 9.10. The molecule has 1 heterocycles. The molecule has 3 aromatic carbocycles. The molecule has 36 heavy (non-hydrogen) atoms. The number of halogens is 3. The highest BCUT2D eigenvalue weighted by Crippen LogP contribution is 2.28. The minimum absolute atomic E-state index is 0.200. The van der Waals surface area contributed by atoms with E-state index in [0.29, 0.717) is 15.7 Å². The number of amides is 5. The van der Waals surface area contributed by atoms with Crippen molar-refractivity contribution >= 4 is 80.3 Å². The minimum atomic E-state index is -0.871. The largest absolute Gasteiger partial charge is 0.483 e. The molecule has 1 aliphatic rings. The summed E-state index contributed by atoms with van der Waals surface area (Å²) in [5.74, 6) is -1.93. The number of rotatable bonds is 6. The molecule has 1 saturated heterocycles. The number of urea groups is 1. The maximum absolute atomic E-state index is 13.1. The Hall–Kier alpha value is -3.66. The van der Waals surface area contributed by atoms with E-state index in [4.69, 9.17) is 27.9 Å². The van der Waals surface area contributed by atoms with Gasteiger partial charge in [-0.25, -0.2) is 9.69 Å². The van der Waals surface area contributed by atoms with E-state index >= 15 is 0 Å². The van der Waals surface area contributed by atoms with Gasteiger partial charge in [0.05, 0.1) is 5.69 Å². The number of carbonyl (C=O) groups is 4. The number of nitrogens with zero attached hydrogens (tertiary/aromatic N) is 1. The van der Waals surface area contributed by atoms with E-state index in [2.05, 4.69) is 26.6 Å². The summed E-state index contributed by atoms with van der Waals surface area (Å²) in [7, 11) is 0. The molecule has 5 amide bonds. The Labute approximate surface area is 223 Å². The predicted octanol–water partition coefficient (Wildman–Crippen LogP) is 5.44. The number of barbiturate groups is 1. The first-order chi connectivity index (χ1) is 17.2. The maximum atomic E-state index is 13.1. The van der Waals surface area contributed by atoms with Crippen LogP contribution < -0.4 is 20.3 Å². The van der Waals surface area contributed by atoms with Crippen molar-refractivity contribution in [1.82, 2.24) is 5.32 Å². The van der Waals surface area contributed by atoms with E-state index in [0.717, 1.165) is 9.37 Å². The van der Waals surface area contributed by atoms with Crippen LogP contribution in [-0.2, 0) is 14.4 Å². The molecule has 182 valence electrons. The van der Waals surface area contributed by atoms with Crippen molar-refractivity contribution in [2.75, 3.05) is 16.8 Å². The van der Waals surface area contributed by atoms with Gasteiger partial charge >= 0.3 is 6.03 Å². The van der Waals surface area contributed by atoms with E-state index in [-0.39, 0.29) is 29.2 Å². The molecule has 8 nitrogen and oxygen atoms in total. The van der Waals surface area contributed by atoms with Gasteiger partial charge in [0.1, 0.15) is 11.3 Å². The fourth-order valence-corrected chi connectivity index (χ4v) is 3.85. The van der Waals surface area contributed by atoms with Crippen LogP contribution in [0.1, 0.15) is 5.56 Å². The Morgan fingerprint density at radius 2 is 1.64 bits per heavy atom. The van der Waals surface area contributed by atoms with Gasteiger partial charge in [-0.05, 0) is 72.8 Å². The smallest absolute Gasteiger partial charge is 0.335 e. The summed E-state index contributed by atoms with van der Waals surface area (Å²) in [6.07, 6.45) is 1.26. The third-order valence-electron chi connectivity index (χ3n) is 4.94. The van der Waals surface area contributed by atoms with Crippen LogP contribution in [0.4, 0.5) is 16.2 Å². The number of imide groups is 2. The highest BCUT2D eigenvalue weighted by atomic mass is 79.9. The fourth-order valence-electron chi connectivity index (χ4n) is 3.27. The van der Waals surface area contributed by atoms with E-state index in [1.54, 1.807) is 48.5 Å². The van der Waals surface area contributed by atoms with Gasteiger partial charge in [0.25, 0.3) is 17.7 Å². The van der Waals surface area contributed by atoms with Gasteiger partial charge in [0.2, 0.25) is 0 Å². The Morgan fingerprint density at radius 1 is 0.972 bits per heavy atom. The molecule has 1 aliphatic heterocycles. The molecule has 2 N–H and O–H groups in total. The highest BCUT2D eigenvalue weighted by Gasteiger charge is 2.37. The summed E-state index contributed by atoms with van der Waals surface area (Å²) in [6, 6.07) is 16.6. The molecule has 0 spiro atoms. The molecule has 0 atom stereocenters. The molecule has 0 saturated carbocycles. The van der Waals surface area contributed by atoms with Crippen LogP contribution in [0.3, 0.4) is 0 Å². The number of nitrogens with one attached hydrogen (secondary N) is 2. The first kappa shape index (κ1) is 25.4. The number of anilines is 2. The molecular formula is C25H16BrCl2N3O5. The number of hydrogen-bond acceptors (Lipinski definition) is 5. The maximum Gasteiger partial charge on any atom is 0.335 e. The lowest BCUT2D eigenvalue weighted by molar-refractivity contribution is -0.122. The normalized spacial score (nSPS) is 14.6. The number of hydrogen-bond donors (Lipinski definition) is 2. The van der Waals surface area contributed by atoms with E-state index in [1.807, 2.05) is 0 Å². The van der Waals surface area contributed by atoms with Gasteiger partial charge in [0.15, 0.2) is 6.61 Å². The Bertz CT molecular complexity index is 1390. The molecule has 11 heteroatoms. The van der Waals surface area contributed by atoms with E-state index in [1.165, 1.54) is 24.3 Å². The SMILES string of the molecule is O=C(COc1ccc(Cl)cc1/C=C1\C(=O)NC(=O)N(c2ccc(Br)cc2)C1=O)Nc1ccc(Cl)cc1. The first-order valence-electron chi connectivity index (χ1n) is 10.4. The average molecular weight is 589 g/mol. The summed E-state index contributed by atoms with van der Waals surface area (Å²) < 4.78 is 6.39. The second kappa shape index (κ2) is 10.9. The number of ether oxygens (including phenoxy) is 1. The molecule has 3 aromatic rings. The standard InChI is InChI=1S/C25H16BrCl2N3O5/c26-15-1-8-19(9-2-15)31-24(34)20(23(33)30-25(31)35)12-14-11-17(28)5-10-21(14)36-13-22(32)29-18-6-3-16(27)4-7-18/h1-12H,13H2,(H,29,32)(H,30,33,35)/b20-12+. The van der Waals surface area contributed by atoms with Crippen molar-refractivity contribution in [1.29, 1.82) is 0 Å². The lowest BCUT2D eigenvalue weighted by Crippen LogP contribution is -2.54. The Morgan fingerprint density at radius 3 is 2.33 bits per heavy atom. The summed E-state index contributed by atoms with van der Waals surface area (Å²) in [4.78, 5) is 51.3. The quantitative estimate of drug-likeness (QED) is 0.295. The number of benzene rings is 3. The predicted molar refractivity (Wildman–Crippen MR) is 140 cm³/mol. The van der Waals surface area contributed by atoms with Crippen LogP contribution in [0, 0.1) is 0 Å². The molecule has 0 bridgehead atoms. The molecular weight excluding hydrogens is 573 g/mol. The Balaban J connectivity index is 1.57. The van der Waals surface area contributed by atoms with Gasteiger partial charge in [-0.15, -0.1) is 0 Å². The van der Waals surface area contributed by atoms with Gasteiger partial charge in [-0.1, -0.05) is 39.1 Å². The van der Waals surface area contributed by atoms with Crippen molar-refractivity contribution in [2.45, 2.75) is 0 Å². The zero-order valence-corrected chi connectivity index (χ0v) is 21.4. The molecule has 0 unspecified atom stereocenters. The molecule has 0 aliphatic carbocycles. The van der Waals surface area contributed by atoms with E-state index in [9.17, 15) is 19.2 Å². The van der Waals surface area contributed by atoms with Crippen LogP contribution in [0.2, 0.25) is 10.0 Å². The summed E-state index contributed by atoms with van der Waals surface area (Å²) in [5.41, 5.74) is 0.773. The summed E-state index contributed by atoms with van der Waals surface area (Å²) >= 11 is 15.3. The van der Waals surface area contributed by atoms with Gasteiger partial charge in [-0.3, -0.25) is 19.7 Å². The topological polar surface area (TPSA) is 105 Å². The fraction of sp³-hybridized carbons (Fsp3) is 0.0400. The second-order valence-corrected chi connectivity index (χ2v) is 9.25. The van der Waals surface area contributed by atoms with E-state index < -0.39 is 23.8 Å². The van der Waals surface area contributed by atoms with Gasteiger partial charge in [0, 0.05) is 25.8 Å². The summed E-state index contributed by atoms with van der Waals surface area (Å²) in [6.45, 7) is -0.357. The molecule has 0 aromatic heterocycles. The third-order valence-corrected chi connectivity index (χ3v) is 5.96. The first-order valence-corrected chi connectivity index (χ1v) is 11.9. The lowest BCUT2D eigenvalue weighted by atomic mass is 10.1. The van der Waals surface area contributed by atoms with Crippen molar-refractivity contribution in [2.24, 2.45) is 0 Å². The number of carbonyl (C=O) groups excluding carboxylic acids is 4. The van der Waals surface area contributed by atoms with Gasteiger partial charge < -0.3 is 10.1 Å². The van der Waals surface area contributed by atoms with Crippen molar-refractivity contribution in [3.05, 3.63) is 92.4 Å². The summed E-state index contributed by atoms with van der Waals surface area (Å²) in [5, 5.41) is 5.67. The van der Waals surface area contributed by atoms with Gasteiger partial charge in [-0.2, -0.15) is 0 Å². The van der Waals surface area contributed by atoms with Crippen molar-refractivity contribution < 1.29 is 23.9 Å². The van der Waals surface area contributed by atoms with Crippen LogP contribution in [-0.4, -0.2) is 30.4 Å². The average Bonchev–Trinajstić information content (AvgIpc) is 2.84. The second-order valence-electron chi connectivity index (χ2n) is 7.46. The van der Waals surface area contributed by atoms with Crippen LogP contribution >= 0.6 is 39.1 Å². The van der Waals surface area contributed by atoms with Crippen LogP contribution in [0.25, 0.3) is 6.08 Å². The van der Waals surface area contributed by atoms with Crippen molar-refractivity contribution in [3.63, 3.8) is 0 Å². The minimum Gasteiger partial charge on any atom is -0.483 e. The zero-order chi connectivity index (χ0) is 25.8. The zero-order valence-electron chi connectivity index (χ0n) is 18.3. The van der Waals surface area contributed by atoms with Crippen LogP contribution in [0.15, 0.2) is 76.8 Å². The molecule has 0 radical (unpaired) electrons. The third kappa shape index (κ3) is 5.93. The molecule has 4 rings (SSSR count).